The molecule has 2 atom stereocenters. The van der Waals surface area contributed by atoms with Gasteiger partial charge in [0.05, 0.1) is 11.6 Å². The van der Waals surface area contributed by atoms with Crippen LogP contribution in [-0.4, -0.2) is 17.2 Å². The molecule has 1 aliphatic heterocycles. The Hall–Kier alpha value is -0.420. The first-order valence-electron chi connectivity index (χ1n) is 4.29. The van der Waals surface area contributed by atoms with E-state index in [1.165, 1.54) is 0 Å². The zero-order valence-electron chi connectivity index (χ0n) is 7.64. The number of rotatable bonds is 1. The lowest BCUT2D eigenvalue weighted by molar-refractivity contribution is 0.269. The van der Waals surface area contributed by atoms with Crippen molar-refractivity contribution >= 4 is 28.9 Å². The third kappa shape index (κ3) is 1.83. The van der Waals surface area contributed by atoms with E-state index >= 15 is 0 Å². The molecule has 0 saturated carbocycles. The summed E-state index contributed by atoms with van der Waals surface area (Å²) < 4.78 is 18.3. The summed E-state index contributed by atoms with van der Waals surface area (Å²) >= 11 is 4.58. The predicted molar refractivity (Wildman–Crippen MR) is 57.5 cm³/mol. The zero-order chi connectivity index (χ0) is 10.1. The lowest BCUT2D eigenvalue weighted by Gasteiger charge is -2.15. The van der Waals surface area contributed by atoms with Crippen molar-refractivity contribution in [2.45, 2.75) is 13.0 Å². The van der Waals surface area contributed by atoms with Gasteiger partial charge < -0.3 is 4.55 Å². The van der Waals surface area contributed by atoms with Gasteiger partial charge in [-0.25, -0.2) is 0 Å². The van der Waals surface area contributed by atoms with E-state index in [1.54, 1.807) is 10.4 Å². The van der Waals surface area contributed by atoms with Gasteiger partial charge in [0.1, 0.15) is 11.8 Å². The maximum Gasteiger partial charge on any atom is 0.246 e. The highest BCUT2D eigenvalue weighted by molar-refractivity contribution is 7.88. The Morgan fingerprint density at radius 3 is 2.86 bits per heavy atom. The minimum Gasteiger partial charge on any atom is -0.560 e. The Morgan fingerprint density at radius 2 is 2.29 bits per heavy atom. The molecular weight excluding hydrogens is 222 g/mol. The summed E-state index contributed by atoms with van der Waals surface area (Å²) in [6, 6.07) is 7.31. The molecule has 3 nitrogen and oxygen atoms in total. The largest absolute Gasteiger partial charge is 0.560 e. The second-order valence-corrected chi connectivity index (χ2v) is 4.61. The third-order valence-electron chi connectivity index (χ3n) is 1.97. The van der Waals surface area contributed by atoms with E-state index in [2.05, 4.69) is 0 Å². The fourth-order valence-electron chi connectivity index (χ4n) is 1.35. The smallest absolute Gasteiger partial charge is 0.246 e. The second-order valence-electron chi connectivity index (χ2n) is 3.14. The van der Waals surface area contributed by atoms with Crippen LogP contribution in [0.4, 0.5) is 5.69 Å². The Kier molecular flexibility index (Phi) is 2.88. The third-order valence-corrected chi connectivity index (χ3v) is 3.49. The molecule has 1 aromatic carbocycles. The molecule has 1 aliphatic rings. The van der Waals surface area contributed by atoms with Gasteiger partial charge in [-0.2, -0.15) is 4.31 Å². The van der Waals surface area contributed by atoms with E-state index < -0.39 is 11.6 Å². The van der Waals surface area contributed by atoms with Crippen LogP contribution < -0.4 is 4.31 Å². The monoisotopic (exact) mass is 231 g/mol. The molecule has 76 valence electrons. The second kappa shape index (κ2) is 3.98. The molecule has 1 saturated heterocycles. The lowest BCUT2D eigenvalue weighted by atomic mass is 10.3. The van der Waals surface area contributed by atoms with Crippen molar-refractivity contribution < 1.29 is 8.74 Å². The molecule has 1 fully saturated rings. The van der Waals surface area contributed by atoms with Crippen molar-refractivity contribution in [2.75, 3.05) is 10.8 Å². The van der Waals surface area contributed by atoms with E-state index in [1.807, 2.05) is 25.1 Å². The average Bonchev–Trinajstić information content (AvgIpc) is 2.46. The first-order chi connectivity index (χ1) is 6.68. The van der Waals surface area contributed by atoms with Gasteiger partial charge in [-0.05, 0) is 19.1 Å². The van der Waals surface area contributed by atoms with Gasteiger partial charge in [-0.1, -0.05) is 23.7 Å². The molecule has 14 heavy (non-hydrogen) atoms. The van der Waals surface area contributed by atoms with Crippen LogP contribution in [0.3, 0.4) is 0 Å². The van der Waals surface area contributed by atoms with Crippen molar-refractivity contribution in [2.24, 2.45) is 0 Å². The van der Waals surface area contributed by atoms with Crippen LogP contribution >= 0.6 is 11.6 Å². The molecular formula is C9H10ClNO2S. The van der Waals surface area contributed by atoms with Gasteiger partial charge in [0.15, 0.2) is 0 Å². The van der Waals surface area contributed by atoms with Crippen molar-refractivity contribution in [1.82, 2.24) is 0 Å². The van der Waals surface area contributed by atoms with Gasteiger partial charge in [0.25, 0.3) is 0 Å². The van der Waals surface area contributed by atoms with Crippen LogP contribution in [0, 0.1) is 0 Å². The van der Waals surface area contributed by atoms with Crippen LogP contribution in [0.15, 0.2) is 24.3 Å². The van der Waals surface area contributed by atoms with Crippen LogP contribution in [0.5, 0.6) is 0 Å². The van der Waals surface area contributed by atoms with Crippen molar-refractivity contribution in [3.8, 4) is 0 Å². The Bertz CT molecular complexity index is 336. The lowest BCUT2D eigenvalue weighted by Crippen LogP contribution is -2.25. The number of benzene rings is 1. The molecule has 0 spiro atoms. The van der Waals surface area contributed by atoms with Gasteiger partial charge in [0.2, 0.25) is 11.6 Å². The molecule has 0 aliphatic carbocycles. The summed E-state index contributed by atoms with van der Waals surface area (Å²) in [6.45, 7) is 2.49. The summed E-state index contributed by atoms with van der Waals surface area (Å²) in [5, 5.41) is 0.596. The summed E-state index contributed by atoms with van der Waals surface area (Å²) in [4.78, 5) is 0. The summed E-state index contributed by atoms with van der Waals surface area (Å²) in [5.74, 6) is 0. The van der Waals surface area contributed by atoms with Crippen LogP contribution in [0.25, 0.3) is 0 Å². The predicted octanol–water partition coefficient (Wildman–Crippen LogP) is 2.14. The molecule has 0 radical (unpaired) electrons. The highest BCUT2D eigenvalue weighted by Gasteiger charge is 2.36. The average molecular weight is 232 g/mol. The Balaban J connectivity index is 2.27. The maximum absolute atomic E-state index is 11.5. The number of halogens is 1. The van der Waals surface area contributed by atoms with E-state index in [4.69, 9.17) is 15.8 Å². The van der Waals surface area contributed by atoms with Crippen LogP contribution in [0.2, 0.25) is 5.02 Å². The van der Waals surface area contributed by atoms with Crippen molar-refractivity contribution in [3.63, 3.8) is 0 Å². The highest BCUT2D eigenvalue weighted by Crippen LogP contribution is 2.31. The van der Waals surface area contributed by atoms with E-state index in [0.717, 1.165) is 5.69 Å². The first-order valence-corrected chi connectivity index (χ1v) is 5.70. The SMILES string of the molecule is C[C@@H]1CN(c2ccccc2Cl)[S+]([O-])O1. The normalized spacial score (nSPS) is 26.9. The molecule has 1 unspecified atom stereocenters. The molecule has 2 rings (SSSR count). The molecule has 0 bridgehead atoms. The van der Waals surface area contributed by atoms with Gasteiger partial charge in [0, 0.05) is 0 Å². The van der Waals surface area contributed by atoms with E-state index in [9.17, 15) is 4.55 Å². The molecule has 5 heteroatoms. The minimum atomic E-state index is -1.40. The van der Waals surface area contributed by atoms with Crippen LogP contribution in [-0.2, 0) is 15.8 Å². The standard InChI is InChI=1S/C9H10ClNO2S/c1-7-6-11(14(12)13-7)9-5-3-2-4-8(9)10/h2-5,7H,6H2,1H3/t7-,14?/m1/s1. The summed E-state index contributed by atoms with van der Waals surface area (Å²) in [7, 11) is 0. The Morgan fingerprint density at radius 1 is 1.57 bits per heavy atom. The number of para-hydroxylation sites is 1. The minimum absolute atomic E-state index is 0.0212. The fraction of sp³-hybridized carbons (Fsp3) is 0.333. The molecule has 1 aromatic rings. The first kappa shape index (κ1) is 10.1. The highest BCUT2D eigenvalue weighted by atomic mass is 35.5. The fourth-order valence-corrected chi connectivity index (χ4v) is 2.74. The topological polar surface area (TPSA) is 35.5 Å². The number of hydrogen-bond donors (Lipinski definition) is 0. The Labute approximate surface area is 91.1 Å². The van der Waals surface area contributed by atoms with E-state index in [-0.39, 0.29) is 6.10 Å². The molecule has 1 heterocycles. The molecule has 0 amide bonds. The summed E-state index contributed by atoms with van der Waals surface area (Å²) in [6.07, 6.45) is -0.0212. The molecule has 0 aromatic heterocycles. The summed E-state index contributed by atoms with van der Waals surface area (Å²) in [5.41, 5.74) is 0.761. The van der Waals surface area contributed by atoms with Gasteiger partial charge in [-0.15, -0.1) is 4.18 Å². The quantitative estimate of drug-likeness (QED) is 0.695. The van der Waals surface area contributed by atoms with Crippen LogP contribution in [0.1, 0.15) is 6.92 Å². The van der Waals surface area contributed by atoms with Gasteiger partial charge >= 0.3 is 0 Å². The van der Waals surface area contributed by atoms with Crippen molar-refractivity contribution in [3.05, 3.63) is 29.3 Å². The number of nitrogens with zero attached hydrogens (tertiary/aromatic N) is 1. The number of anilines is 1. The van der Waals surface area contributed by atoms with Crippen molar-refractivity contribution in [1.29, 1.82) is 0 Å². The van der Waals surface area contributed by atoms with E-state index in [0.29, 0.717) is 11.6 Å². The maximum atomic E-state index is 11.5. The molecule has 0 N–H and O–H groups in total. The van der Waals surface area contributed by atoms with Gasteiger partial charge in [-0.3, -0.25) is 0 Å². The number of hydrogen-bond acceptors (Lipinski definition) is 3. The zero-order valence-corrected chi connectivity index (χ0v) is 9.22.